The van der Waals surface area contributed by atoms with Crippen molar-refractivity contribution in [1.29, 1.82) is 0 Å². The molecule has 0 fully saturated rings. The van der Waals surface area contributed by atoms with Crippen LogP contribution >= 0.6 is 0 Å². The minimum atomic E-state index is 0.357. The fourth-order valence-corrected chi connectivity index (χ4v) is 3.63. The van der Waals surface area contributed by atoms with E-state index >= 15 is 0 Å². The summed E-state index contributed by atoms with van der Waals surface area (Å²) in [6.07, 6.45) is 10.5. The first-order chi connectivity index (χ1) is 18.2. The van der Waals surface area contributed by atoms with Crippen molar-refractivity contribution in [3.05, 3.63) is 107 Å². The van der Waals surface area contributed by atoms with Gasteiger partial charge in [-0.3, -0.25) is 0 Å². The molecule has 0 aliphatic heterocycles. The molecule has 0 spiro atoms. The Labute approximate surface area is 223 Å². The van der Waals surface area contributed by atoms with Crippen LogP contribution in [-0.2, 0) is 0 Å². The fourth-order valence-electron chi connectivity index (χ4n) is 3.63. The molecule has 0 atom stereocenters. The molecule has 4 N–H and O–H groups in total. The van der Waals surface area contributed by atoms with Crippen molar-refractivity contribution in [2.75, 3.05) is 10.6 Å². The lowest BCUT2D eigenvalue weighted by Crippen LogP contribution is -1.95. The SMILES string of the molecule is C/C(=C/Nc1ncccn1)c1cc(C)c(O)c(C)c1.C/C(=C\Nc1ncccn1)c1cc(C)c(O)c(C)c1. The van der Waals surface area contributed by atoms with Gasteiger partial charge >= 0.3 is 0 Å². The van der Waals surface area contributed by atoms with Crippen LogP contribution in [0.5, 0.6) is 11.5 Å². The lowest BCUT2D eigenvalue weighted by atomic mass is 10.0. The Balaban J connectivity index is 0.000000211. The van der Waals surface area contributed by atoms with Crippen LogP contribution in [0.4, 0.5) is 11.9 Å². The first kappa shape index (κ1) is 27.9. The number of hydrogen-bond donors (Lipinski definition) is 4. The van der Waals surface area contributed by atoms with Crippen molar-refractivity contribution in [2.45, 2.75) is 41.5 Å². The average molecular weight is 511 g/mol. The van der Waals surface area contributed by atoms with Crippen molar-refractivity contribution in [2.24, 2.45) is 0 Å². The molecule has 0 aliphatic carbocycles. The van der Waals surface area contributed by atoms with E-state index in [4.69, 9.17) is 0 Å². The Morgan fingerprint density at radius 2 is 0.868 bits per heavy atom. The molecular formula is C30H34N6O2. The average Bonchev–Trinajstić information content (AvgIpc) is 2.93. The molecule has 0 saturated heterocycles. The van der Waals surface area contributed by atoms with Gasteiger partial charge in [-0.25, -0.2) is 19.9 Å². The van der Waals surface area contributed by atoms with Crippen LogP contribution < -0.4 is 10.6 Å². The zero-order chi connectivity index (χ0) is 27.7. The van der Waals surface area contributed by atoms with Gasteiger partial charge in [-0.1, -0.05) is 0 Å². The summed E-state index contributed by atoms with van der Waals surface area (Å²) in [7, 11) is 0. The van der Waals surface area contributed by atoms with Crippen LogP contribution in [0.2, 0.25) is 0 Å². The highest BCUT2D eigenvalue weighted by Crippen LogP contribution is 2.27. The van der Waals surface area contributed by atoms with E-state index in [9.17, 15) is 10.2 Å². The largest absolute Gasteiger partial charge is 0.507 e. The van der Waals surface area contributed by atoms with E-state index in [-0.39, 0.29) is 0 Å². The highest BCUT2D eigenvalue weighted by molar-refractivity contribution is 5.69. The van der Waals surface area contributed by atoms with Gasteiger partial charge in [-0.05, 0) is 122 Å². The maximum atomic E-state index is 9.77. The Morgan fingerprint density at radius 3 is 1.16 bits per heavy atom. The zero-order valence-electron chi connectivity index (χ0n) is 22.6. The van der Waals surface area contributed by atoms with E-state index in [1.807, 2.05) is 78.2 Å². The topological polar surface area (TPSA) is 116 Å². The van der Waals surface area contributed by atoms with Crippen LogP contribution in [-0.4, -0.2) is 30.1 Å². The molecule has 2 aromatic carbocycles. The lowest BCUT2D eigenvalue weighted by molar-refractivity contribution is 0.466. The number of nitrogens with zero attached hydrogens (tertiary/aromatic N) is 4. The zero-order valence-corrected chi connectivity index (χ0v) is 22.6. The Hall–Kier alpha value is -4.72. The first-order valence-corrected chi connectivity index (χ1v) is 12.2. The molecule has 8 nitrogen and oxygen atoms in total. The van der Waals surface area contributed by atoms with Gasteiger partial charge in [-0.15, -0.1) is 0 Å². The molecule has 38 heavy (non-hydrogen) atoms. The quantitative estimate of drug-likeness (QED) is 0.231. The van der Waals surface area contributed by atoms with Crippen molar-refractivity contribution in [3.63, 3.8) is 0 Å². The Kier molecular flexibility index (Phi) is 9.54. The number of hydrogen-bond acceptors (Lipinski definition) is 8. The van der Waals surface area contributed by atoms with Crippen LogP contribution in [0.3, 0.4) is 0 Å². The third kappa shape index (κ3) is 7.64. The number of phenolic OH excluding ortho intramolecular Hbond substituents is 2. The van der Waals surface area contributed by atoms with E-state index in [1.165, 1.54) is 0 Å². The van der Waals surface area contributed by atoms with Gasteiger partial charge in [0.2, 0.25) is 11.9 Å². The number of aryl methyl sites for hydroxylation is 4. The molecule has 2 aromatic heterocycles. The van der Waals surface area contributed by atoms with Crippen molar-refractivity contribution in [1.82, 2.24) is 19.9 Å². The third-order valence-electron chi connectivity index (χ3n) is 5.86. The highest BCUT2D eigenvalue weighted by Gasteiger charge is 2.06. The molecule has 0 radical (unpaired) electrons. The normalized spacial score (nSPS) is 11.4. The second-order valence-electron chi connectivity index (χ2n) is 9.01. The lowest BCUT2D eigenvalue weighted by Gasteiger charge is -2.08. The van der Waals surface area contributed by atoms with Crippen molar-refractivity contribution >= 4 is 23.0 Å². The highest BCUT2D eigenvalue weighted by atomic mass is 16.3. The molecule has 4 rings (SSSR count). The number of rotatable bonds is 6. The molecular weight excluding hydrogens is 476 g/mol. The van der Waals surface area contributed by atoms with Gasteiger partial charge in [0.15, 0.2) is 0 Å². The second kappa shape index (κ2) is 13.0. The van der Waals surface area contributed by atoms with Gasteiger partial charge in [0.05, 0.1) is 0 Å². The molecule has 8 heteroatoms. The molecule has 0 saturated carbocycles. The summed E-state index contributed by atoms with van der Waals surface area (Å²) < 4.78 is 0. The second-order valence-corrected chi connectivity index (χ2v) is 9.01. The monoisotopic (exact) mass is 510 g/mol. The van der Waals surface area contributed by atoms with E-state index in [0.29, 0.717) is 23.4 Å². The van der Waals surface area contributed by atoms with E-state index < -0.39 is 0 Å². The maximum absolute atomic E-state index is 9.77. The van der Waals surface area contributed by atoms with Crippen LogP contribution in [0.15, 0.2) is 73.6 Å². The van der Waals surface area contributed by atoms with Crippen molar-refractivity contribution < 1.29 is 10.2 Å². The number of aromatic nitrogens is 4. The predicted molar refractivity (Wildman–Crippen MR) is 154 cm³/mol. The van der Waals surface area contributed by atoms with Gasteiger partial charge in [-0.2, -0.15) is 0 Å². The van der Waals surface area contributed by atoms with Crippen LogP contribution in [0, 0.1) is 27.7 Å². The summed E-state index contributed by atoms with van der Waals surface area (Å²) >= 11 is 0. The number of aromatic hydroxyl groups is 2. The summed E-state index contributed by atoms with van der Waals surface area (Å²) in [6, 6.07) is 11.4. The molecule has 4 aromatic rings. The minimum absolute atomic E-state index is 0.357. The summed E-state index contributed by atoms with van der Waals surface area (Å²) in [5.74, 6) is 1.84. The minimum Gasteiger partial charge on any atom is -0.507 e. The third-order valence-corrected chi connectivity index (χ3v) is 5.86. The van der Waals surface area contributed by atoms with E-state index in [1.54, 1.807) is 36.9 Å². The Morgan fingerprint density at radius 1 is 0.579 bits per heavy atom. The predicted octanol–water partition coefficient (Wildman–Crippen LogP) is 6.54. The number of phenols is 2. The molecule has 0 unspecified atom stereocenters. The maximum Gasteiger partial charge on any atom is 0.226 e. The summed E-state index contributed by atoms with van der Waals surface area (Å²) in [4.78, 5) is 16.3. The fraction of sp³-hybridized carbons (Fsp3) is 0.200. The van der Waals surface area contributed by atoms with E-state index in [2.05, 4.69) is 30.6 Å². The standard InChI is InChI=1S/2C15H17N3O/c2*1-10-7-13(8-11(2)14(10)19)12(3)9-18-15-16-5-4-6-17-15/h2*4-9,19H,1-3H3,(H,16,17,18)/b12-9+;12-9-. The van der Waals surface area contributed by atoms with Gasteiger partial charge in [0.1, 0.15) is 11.5 Å². The van der Waals surface area contributed by atoms with Crippen molar-refractivity contribution in [3.8, 4) is 11.5 Å². The summed E-state index contributed by atoms with van der Waals surface area (Å²) in [6.45, 7) is 11.6. The Bertz CT molecular complexity index is 1280. The molecule has 0 bridgehead atoms. The number of anilines is 2. The van der Waals surface area contributed by atoms with E-state index in [0.717, 1.165) is 44.5 Å². The molecule has 0 amide bonds. The first-order valence-electron chi connectivity index (χ1n) is 12.2. The number of nitrogens with one attached hydrogen (secondary N) is 2. The van der Waals surface area contributed by atoms with Crippen LogP contribution in [0.1, 0.15) is 47.2 Å². The number of allylic oxidation sites excluding steroid dienone is 2. The summed E-state index contributed by atoms with van der Waals surface area (Å²) in [5.41, 5.74) is 7.74. The molecule has 2 heterocycles. The van der Waals surface area contributed by atoms with Gasteiger partial charge in [0, 0.05) is 37.2 Å². The molecule has 0 aliphatic rings. The molecule has 196 valence electrons. The summed E-state index contributed by atoms with van der Waals surface area (Å²) in [5, 5.41) is 25.6. The van der Waals surface area contributed by atoms with Gasteiger partial charge in [0.25, 0.3) is 0 Å². The van der Waals surface area contributed by atoms with Crippen LogP contribution in [0.25, 0.3) is 11.1 Å². The number of benzene rings is 2. The smallest absolute Gasteiger partial charge is 0.226 e. The van der Waals surface area contributed by atoms with Gasteiger partial charge < -0.3 is 20.8 Å².